The molecule has 0 spiro atoms. The van der Waals surface area contributed by atoms with Gasteiger partial charge in [-0.25, -0.2) is 0 Å². The predicted molar refractivity (Wildman–Crippen MR) is 100.0 cm³/mol. The van der Waals surface area contributed by atoms with E-state index in [1.54, 1.807) is 11.3 Å². The van der Waals surface area contributed by atoms with Crippen LogP contribution in [0.1, 0.15) is 30.6 Å². The van der Waals surface area contributed by atoms with E-state index < -0.39 is 11.4 Å². The lowest BCUT2D eigenvalue weighted by atomic mass is 9.90. The van der Waals surface area contributed by atoms with Crippen molar-refractivity contribution in [2.75, 3.05) is 19.7 Å². The molecule has 0 saturated carbocycles. The second kappa shape index (κ2) is 6.44. The fraction of sp³-hybridized carbons (Fsp3) is 0.250. The maximum atomic E-state index is 12.5. The Morgan fingerprint density at radius 1 is 1.33 bits per heavy atom. The summed E-state index contributed by atoms with van der Waals surface area (Å²) in [6.45, 7) is 0.00918. The lowest BCUT2D eigenvalue weighted by molar-refractivity contribution is 0.00488. The van der Waals surface area contributed by atoms with E-state index >= 15 is 0 Å². The van der Waals surface area contributed by atoms with Crippen molar-refractivity contribution < 1.29 is 19.5 Å². The molecule has 1 fully saturated rings. The average Bonchev–Trinajstić information content (AvgIpc) is 3.31. The van der Waals surface area contributed by atoms with Crippen LogP contribution < -0.4 is 11.1 Å². The molecule has 3 aromatic heterocycles. The highest BCUT2D eigenvalue weighted by Crippen LogP contribution is 2.31. The number of nitrogens with two attached hydrogens (primary N) is 1. The Balaban J connectivity index is 1.42. The second-order valence-electron chi connectivity index (χ2n) is 6.34. The Kier molecular flexibility index (Phi) is 4.21. The van der Waals surface area contributed by atoms with Crippen molar-refractivity contribution in [1.82, 2.24) is 20.4 Å². The number of aliphatic hydroxyl groups is 1. The minimum Gasteiger partial charge on any atom is -0.394 e. The molecular formula is C16H15N5O4S2. The predicted octanol–water partition coefficient (Wildman–Crippen LogP) is 0.402. The molecular weight excluding hydrogens is 390 g/mol. The number of aliphatic hydroxyl groups excluding tert-OH is 1. The summed E-state index contributed by atoms with van der Waals surface area (Å²) in [4.78, 5) is 38.0. The third-order valence-corrected chi connectivity index (χ3v) is 6.47. The van der Waals surface area contributed by atoms with Crippen molar-refractivity contribution in [3.63, 3.8) is 0 Å². The number of hydrogen-bond acceptors (Lipinski definition) is 7. The van der Waals surface area contributed by atoms with Crippen LogP contribution >= 0.6 is 22.7 Å². The van der Waals surface area contributed by atoms with Crippen LogP contribution in [-0.4, -0.2) is 63.2 Å². The Bertz CT molecular complexity index is 1020. The van der Waals surface area contributed by atoms with Crippen molar-refractivity contribution in [2.24, 2.45) is 5.73 Å². The molecule has 140 valence electrons. The van der Waals surface area contributed by atoms with Gasteiger partial charge in [0.05, 0.1) is 17.0 Å². The first kappa shape index (κ1) is 17.6. The Morgan fingerprint density at radius 2 is 2.11 bits per heavy atom. The first-order valence-electron chi connectivity index (χ1n) is 7.96. The summed E-state index contributed by atoms with van der Waals surface area (Å²) in [6, 6.07) is 5.06. The normalized spacial score (nSPS) is 15.5. The molecule has 3 amide bonds. The number of fused-ring (bicyclic) bond motifs is 1. The van der Waals surface area contributed by atoms with Gasteiger partial charge in [-0.1, -0.05) is 0 Å². The Labute approximate surface area is 160 Å². The smallest absolute Gasteiger partial charge is 0.272 e. The van der Waals surface area contributed by atoms with Crippen molar-refractivity contribution in [3.8, 4) is 0 Å². The van der Waals surface area contributed by atoms with Crippen LogP contribution in [0, 0.1) is 0 Å². The third kappa shape index (κ3) is 3.09. The fourth-order valence-electron chi connectivity index (χ4n) is 2.95. The maximum absolute atomic E-state index is 12.5. The zero-order chi connectivity index (χ0) is 19.2. The molecule has 0 radical (unpaired) electrons. The highest BCUT2D eigenvalue weighted by Gasteiger charge is 2.46. The van der Waals surface area contributed by atoms with Crippen molar-refractivity contribution in [1.29, 1.82) is 0 Å². The lowest BCUT2D eigenvalue weighted by Gasteiger charge is -2.49. The number of primary amides is 1. The van der Waals surface area contributed by atoms with E-state index in [0.29, 0.717) is 4.88 Å². The molecule has 0 unspecified atom stereocenters. The summed E-state index contributed by atoms with van der Waals surface area (Å²) >= 11 is 2.95. The van der Waals surface area contributed by atoms with Crippen molar-refractivity contribution >= 4 is 49.8 Å². The van der Waals surface area contributed by atoms with Gasteiger partial charge in [0.2, 0.25) is 0 Å². The Hall–Kier alpha value is -2.76. The number of carbonyl (C=O) groups excluding carboxylic acids is 3. The summed E-state index contributed by atoms with van der Waals surface area (Å²) in [5, 5.41) is 20.7. The molecule has 1 aliphatic heterocycles. The van der Waals surface area contributed by atoms with Crippen LogP contribution in [0.4, 0.5) is 0 Å². The molecule has 4 rings (SSSR count). The number of rotatable bonds is 5. The summed E-state index contributed by atoms with van der Waals surface area (Å²) in [6.07, 6.45) is 0. The molecule has 0 bridgehead atoms. The molecule has 3 aromatic rings. The van der Waals surface area contributed by atoms with Gasteiger partial charge in [-0.05, 0) is 17.5 Å². The zero-order valence-electron chi connectivity index (χ0n) is 13.9. The average molecular weight is 405 g/mol. The van der Waals surface area contributed by atoms with E-state index in [2.05, 4.69) is 15.5 Å². The van der Waals surface area contributed by atoms with Gasteiger partial charge >= 0.3 is 0 Å². The van der Waals surface area contributed by atoms with Gasteiger partial charge in [0, 0.05) is 28.6 Å². The van der Waals surface area contributed by atoms with Gasteiger partial charge in [-0.2, -0.15) is 5.10 Å². The largest absolute Gasteiger partial charge is 0.394 e. The van der Waals surface area contributed by atoms with Gasteiger partial charge in [0.1, 0.15) is 5.69 Å². The highest BCUT2D eigenvalue weighted by molar-refractivity contribution is 7.27. The van der Waals surface area contributed by atoms with Crippen LogP contribution in [-0.2, 0) is 0 Å². The number of H-pyrrole nitrogens is 1. The summed E-state index contributed by atoms with van der Waals surface area (Å²) < 4.78 is 2.08. The number of aromatic nitrogens is 2. The molecule has 0 aromatic carbocycles. The number of hydrogen-bond donors (Lipinski definition) is 4. The molecule has 5 N–H and O–H groups in total. The van der Waals surface area contributed by atoms with Gasteiger partial charge in [0.15, 0.2) is 5.69 Å². The van der Waals surface area contributed by atoms with E-state index in [9.17, 15) is 19.5 Å². The Morgan fingerprint density at radius 3 is 2.74 bits per heavy atom. The number of nitrogens with zero attached hydrogens (tertiary/aromatic N) is 2. The molecule has 9 nitrogen and oxygen atoms in total. The zero-order valence-corrected chi connectivity index (χ0v) is 15.5. The third-order valence-electron chi connectivity index (χ3n) is 4.38. The number of likely N-dealkylation sites (tertiary alicyclic amines) is 1. The molecule has 4 heterocycles. The lowest BCUT2D eigenvalue weighted by Crippen LogP contribution is -2.73. The standard InChI is InChI=1S/C16H15N5O4S2/c17-13(23)8-3-9(20-19-8)15(25)21-5-16(6-21,7-22)18-14(24)12-4-11-10(27-12)1-2-26-11/h1-4,22H,5-7H2,(H2,17,23)(H,18,24)(H,19,20). The SMILES string of the molecule is NC(=O)c1cc(C(=O)N2CC(CO)(NC(=O)c3cc4sccc4s3)C2)[nH]n1. The van der Waals surface area contributed by atoms with Gasteiger partial charge in [0.25, 0.3) is 17.7 Å². The van der Waals surface area contributed by atoms with E-state index in [1.165, 1.54) is 22.3 Å². The molecule has 11 heteroatoms. The van der Waals surface area contributed by atoms with Crippen molar-refractivity contribution in [3.05, 3.63) is 39.8 Å². The number of nitrogens with one attached hydrogen (secondary N) is 2. The van der Waals surface area contributed by atoms with Crippen LogP contribution in [0.5, 0.6) is 0 Å². The molecule has 0 aliphatic carbocycles. The molecule has 0 atom stereocenters. The molecule has 1 saturated heterocycles. The van der Waals surface area contributed by atoms with Crippen LogP contribution in [0.15, 0.2) is 23.6 Å². The maximum Gasteiger partial charge on any atom is 0.272 e. The van der Waals surface area contributed by atoms with E-state index in [-0.39, 0.29) is 42.9 Å². The van der Waals surface area contributed by atoms with E-state index in [1.807, 2.05) is 17.5 Å². The van der Waals surface area contributed by atoms with Crippen molar-refractivity contribution in [2.45, 2.75) is 5.54 Å². The van der Waals surface area contributed by atoms with Gasteiger partial charge in [-0.15, -0.1) is 22.7 Å². The van der Waals surface area contributed by atoms with Crippen LogP contribution in [0.3, 0.4) is 0 Å². The van der Waals surface area contributed by atoms with E-state index in [0.717, 1.165) is 9.40 Å². The monoisotopic (exact) mass is 405 g/mol. The first-order chi connectivity index (χ1) is 12.9. The molecule has 1 aliphatic rings. The summed E-state index contributed by atoms with van der Waals surface area (Å²) in [5.74, 6) is -1.39. The van der Waals surface area contributed by atoms with E-state index in [4.69, 9.17) is 5.73 Å². The number of amides is 3. The fourth-order valence-corrected chi connectivity index (χ4v) is 4.96. The second-order valence-corrected chi connectivity index (χ2v) is 8.38. The minimum atomic E-state index is -0.892. The van der Waals surface area contributed by atoms with Gasteiger partial charge < -0.3 is 21.1 Å². The summed E-state index contributed by atoms with van der Waals surface area (Å²) in [7, 11) is 0. The number of aromatic amines is 1. The highest BCUT2D eigenvalue weighted by atomic mass is 32.1. The number of thiophene rings is 2. The minimum absolute atomic E-state index is 0.0294. The van der Waals surface area contributed by atoms with Crippen LogP contribution in [0.25, 0.3) is 9.40 Å². The van der Waals surface area contributed by atoms with Gasteiger partial charge in [-0.3, -0.25) is 19.5 Å². The summed E-state index contributed by atoms with van der Waals surface area (Å²) in [5.41, 5.74) is 4.32. The molecule has 27 heavy (non-hydrogen) atoms. The topological polar surface area (TPSA) is 141 Å². The van der Waals surface area contributed by atoms with Crippen LogP contribution in [0.2, 0.25) is 0 Å². The first-order valence-corrected chi connectivity index (χ1v) is 9.65. The quantitative estimate of drug-likeness (QED) is 0.486. The number of carbonyl (C=O) groups is 3.